The van der Waals surface area contributed by atoms with Crippen LogP contribution in [0.4, 0.5) is 5.69 Å². The zero-order valence-corrected chi connectivity index (χ0v) is 8.86. The Hall–Kier alpha value is -1.77. The van der Waals surface area contributed by atoms with Gasteiger partial charge in [0, 0.05) is 18.1 Å². The van der Waals surface area contributed by atoms with Crippen LogP contribution in [0.25, 0.3) is 5.82 Å². The molecule has 1 N–H and O–H groups in total. The van der Waals surface area contributed by atoms with Gasteiger partial charge in [0.25, 0.3) is 0 Å². The highest BCUT2D eigenvalue weighted by atomic mass is 15.2. The lowest BCUT2D eigenvalue weighted by Crippen LogP contribution is -2.34. The number of anilines is 1. The quantitative estimate of drug-likeness (QED) is 0.706. The monoisotopic (exact) mass is 199 g/mol. The maximum atomic E-state index is 4.40. The van der Waals surface area contributed by atoms with Gasteiger partial charge in [0.1, 0.15) is 0 Å². The number of fused-ring (bicyclic) bond motifs is 3. The van der Waals surface area contributed by atoms with Crippen LogP contribution in [0.5, 0.6) is 0 Å². The lowest BCUT2D eigenvalue weighted by Gasteiger charge is -2.34. The van der Waals surface area contributed by atoms with Crippen molar-refractivity contribution in [1.82, 2.24) is 9.55 Å². The van der Waals surface area contributed by atoms with Crippen LogP contribution in [0.2, 0.25) is 0 Å². The molecule has 2 aromatic rings. The number of rotatable bonds is 0. The van der Waals surface area contributed by atoms with Gasteiger partial charge in [-0.25, -0.2) is 4.98 Å². The fourth-order valence-electron chi connectivity index (χ4n) is 2.16. The second kappa shape index (κ2) is 2.63. The predicted octanol–water partition coefficient (Wildman–Crippen LogP) is 2.53. The number of hydrogen-bond donors (Lipinski definition) is 1. The highest BCUT2D eigenvalue weighted by molar-refractivity contribution is 5.62. The number of pyridine rings is 1. The van der Waals surface area contributed by atoms with E-state index in [0.29, 0.717) is 0 Å². The van der Waals surface area contributed by atoms with Gasteiger partial charge in [0.2, 0.25) is 0 Å². The zero-order valence-electron chi connectivity index (χ0n) is 8.86. The Labute approximate surface area is 88.8 Å². The van der Waals surface area contributed by atoms with Gasteiger partial charge in [-0.15, -0.1) is 0 Å². The summed E-state index contributed by atoms with van der Waals surface area (Å²) in [6.45, 7) is 4.35. The molecule has 0 saturated carbocycles. The van der Waals surface area contributed by atoms with Crippen LogP contribution in [-0.4, -0.2) is 9.55 Å². The van der Waals surface area contributed by atoms with Crippen molar-refractivity contribution in [3.05, 3.63) is 42.4 Å². The maximum Gasteiger partial charge on any atom is 0.160 e. The molecular formula is C12H13N3. The molecule has 0 radical (unpaired) electrons. The van der Waals surface area contributed by atoms with E-state index in [-0.39, 0.29) is 5.54 Å². The Kier molecular flexibility index (Phi) is 1.49. The normalized spacial score (nSPS) is 16.4. The summed E-state index contributed by atoms with van der Waals surface area (Å²) < 4.78 is 2.14. The van der Waals surface area contributed by atoms with Gasteiger partial charge in [0.05, 0.1) is 11.2 Å². The molecule has 0 unspecified atom stereocenters. The molecule has 0 aromatic carbocycles. The standard InChI is InChI=1S/C12H13N3/c1-12(2)10-6-4-8-15(10)11-9(14-12)5-3-7-13-11/h3-8,14H,1-2H3. The topological polar surface area (TPSA) is 29.9 Å². The van der Waals surface area contributed by atoms with Crippen molar-refractivity contribution in [3.8, 4) is 5.82 Å². The van der Waals surface area contributed by atoms with Crippen molar-refractivity contribution in [1.29, 1.82) is 0 Å². The van der Waals surface area contributed by atoms with Crippen LogP contribution in [-0.2, 0) is 5.54 Å². The van der Waals surface area contributed by atoms with Gasteiger partial charge in [-0.1, -0.05) is 0 Å². The summed E-state index contributed by atoms with van der Waals surface area (Å²) in [5, 5.41) is 3.50. The van der Waals surface area contributed by atoms with Gasteiger partial charge in [-0.05, 0) is 38.1 Å². The van der Waals surface area contributed by atoms with E-state index in [4.69, 9.17) is 0 Å². The molecule has 15 heavy (non-hydrogen) atoms. The summed E-state index contributed by atoms with van der Waals surface area (Å²) in [6, 6.07) is 8.20. The van der Waals surface area contributed by atoms with Gasteiger partial charge >= 0.3 is 0 Å². The first-order valence-corrected chi connectivity index (χ1v) is 5.10. The molecule has 1 aliphatic heterocycles. The second-order valence-electron chi connectivity index (χ2n) is 4.39. The lowest BCUT2D eigenvalue weighted by molar-refractivity contribution is 0.556. The first kappa shape index (κ1) is 8.53. The third-order valence-electron chi connectivity index (χ3n) is 2.85. The third-order valence-corrected chi connectivity index (χ3v) is 2.85. The molecule has 0 fully saturated rings. The number of nitrogens with zero attached hydrogens (tertiary/aromatic N) is 2. The minimum Gasteiger partial charge on any atom is -0.372 e. The minimum atomic E-state index is -0.0421. The first-order valence-electron chi connectivity index (χ1n) is 5.10. The van der Waals surface area contributed by atoms with Crippen LogP contribution >= 0.6 is 0 Å². The molecule has 3 nitrogen and oxygen atoms in total. The molecule has 3 heterocycles. The summed E-state index contributed by atoms with van der Waals surface area (Å²) in [7, 11) is 0. The van der Waals surface area contributed by atoms with E-state index in [1.807, 2.05) is 12.3 Å². The Morgan fingerprint density at radius 2 is 2.13 bits per heavy atom. The van der Waals surface area contributed by atoms with E-state index in [9.17, 15) is 0 Å². The fraction of sp³-hybridized carbons (Fsp3) is 0.250. The SMILES string of the molecule is CC1(C)Nc2cccnc2-n2cccc21. The molecule has 1 aliphatic rings. The van der Waals surface area contributed by atoms with E-state index in [2.05, 4.69) is 53.1 Å². The summed E-state index contributed by atoms with van der Waals surface area (Å²) in [6.07, 6.45) is 3.88. The van der Waals surface area contributed by atoms with Crippen LogP contribution in [0.3, 0.4) is 0 Å². The maximum absolute atomic E-state index is 4.40. The van der Waals surface area contributed by atoms with Gasteiger partial charge in [-0.3, -0.25) is 0 Å². The molecule has 0 bridgehead atoms. The largest absolute Gasteiger partial charge is 0.372 e. The van der Waals surface area contributed by atoms with Crippen LogP contribution in [0, 0.1) is 0 Å². The van der Waals surface area contributed by atoms with Crippen LogP contribution in [0.1, 0.15) is 19.5 Å². The molecule has 0 atom stereocenters. The van der Waals surface area contributed by atoms with Crippen molar-refractivity contribution in [2.45, 2.75) is 19.4 Å². The first-order chi connectivity index (χ1) is 7.18. The summed E-state index contributed by atoms with van der Waals surface area (Å²) in [5.74, 6) is 0.983. The smallest absolute Gasteiger partial charge is 0.160 e. The Morgan fingerprint density at radius 3 is 3.00 bits per heavy atom. The van der Waals surface area contributed by atoms with Crippen molar-refractivity contribution in [2.24, 2.45) is 0 Å². The van der Waals surface area contributed by atoms with Crippen molar-refractivity contribution in [2.75, 3.05) is 5.32 Å². The van der Waals surface area contributed by atoms with Crippen LogP contribution in [0.15, 0.2) is 36.7 Å². The molecule has 2 aromatic heterocycles. The van der Waals surface area contributed by atoms with Gasteiger partial charge in [-0.2, -0.15) is 0 Å². The lowest BCUT2D eigenvalue weighted by atomic mass is 9.98. The van der Waals surface area contributed by atoms with E-state index in [1.165, 1.54) is 5.69 Å². The number of hydrogen-bond acceptors (Lipinski definition) is 2. The van der Waals surface area contributed by atoms with E-state index in [1.54, 1.807) is 0 Å². The average Bonchev–Trinajstić information content (AvgIpc) is 2.66. The summed E-state index contributed by atoms with van der Waals surface area (Å²) in [5.41, 5.74) is 2.29. The molecule has 0 amide bonds. The van der Waals surface area contributed by atoms with E-state index in [0.717, 1.165) is 11.5 Å². The second-order valence-corrected chi connectivity index (χ2v) is 4.39. The molecule has 0 saturated heterocycles. The number of nitrogens with one attached hydrogen (secondary N) is 1. The minimum absolute atomic E-state index is 0.0421. The van der Waals surface area contributed by atoms with Crippen molar-refractivity contribution < 1.29 is 0 Å². The van der Waals surface area contributed by atoms with Crippen molar-refractivity contribution in [3.63, 3.8) is 0 Å². The van der Waals surface area contributed by atoms with E-state index < -0.39 is 0 Å². The van der Waals surface area contributed by atoms with Crippen LogP contribution < -0.4 is 5.32 Å². The average molecular weight is 199 g/mol. The summed E-state index contributed by atoms with van der Waals surface area (Å²) in [4.78, 5) is 4.40. The molecule has 0 aliphatic carbocycles. The molecular weight excluding hydrogens is 186 g/mol. The molecule has 3 heteroatoms. The predicted molar refractivity (Wildman–Crippen MR) is 60.2 cm³/mol. The Morgan fingerprint density at radius 1 is 1.27 bits per heavy atom. The number of aromatic nitrogens is 2. The zero-order chi connectivity index (χ0) is 10.5. The Balaban J connectivity index is 2.32. The molecule has 0 spiro atoms. The van der Waals surface area contributed by atoms with Gasteiger partial charge < -0.3 is 9.88 Å². The van der Waals surface area contributed by atoms with Crippen molar-refractivity contribution >= 4 is 5.69 Å². The molecule has 3 rings (SSSR count). The fourth-order valence-corrected chi connectivity index (χ4v) is 2.16. The van der Waals surface area contributed by atoms with E-state index >= 15 is 0 Å². The highest BCUT2D eigenvalue weighted by Crippen LogP contribution is 2.35. The highest BCUT2D eigenvalue weighted by Gasteiger charge is 2.30. The van der Waals surface area contributed by atoms with Gasteiger partial charge in [0.15, 0.2) is 5.82 Å². The Bertz CT molecular complexity index is 511. The third kappa shape index (κ3) is 1.09. The summed E-state index contributed by atoms with van der Waals surface area (Å²) >= 11 is 0. The molecule has 76 valence electrons.